The van der Waals surface area contributed by atoms with Crippen molar-refractivity contribution >= 4 is 44.6 Å². The molecule has 0 saturated carbocycles. The molecule has 0 saturated heterocycles. The number of nitrogens with zero attached hydrogens (tertiary/aromatic N) is 1. The molecule has 180 valence electrons. The Bertz CT molecular complexity index is 1270. The zero-order valence-corrected chi connectivity index (χ0v) is 20.9. The summed E-state index contributed by atoms with van der Waals surface area (Å²) < 4.78 is 38.3. The number of carbonyl (C=O) groups excluding carboxylic acids is 2. The normalized spacial score (nSPS) is 11.2. The van der Waals surface area contributed by atoms with Gasteiger partial charge < -0.3 is 14.8 Å². The van der Waals surface area contributed by atoms with Crippen LogP contribution in [-0.2, 0) is 14.8 Å². The van der Waals surface area contributed by atoms with Crippen LogP contribution >= 0.6 is 11.3 Å². The van der Waals surface area contributed by atoms with Gasteiger partial charge >= 0.3 is 5.97 Å². The first-order chi connectivity index (χ1) is 16.1. The quantitative estimate of drug-likeness (QED) is 0.422. The maximum atomic E-state index is 13.3. The molecule has 0 bridgehead atoms. The van der Waals surface area contributed by atoms with Crippen molar-refractivity contribution < 1.29 is 27.5 Å². The molecular weight excluding hydrogens is 476 g/mol. The molecule has 0 spiro atoms. The first kappa shape index (κ1) is 25.3. The Kier molecular flexibility index (Phi) is 7.95. The summed E-state index contributed by atoms with van der Waals surface area (Å²) in [4.78, 5) is 25.0. The van der Waals surface area contributed by atoms with E-state index >= 15 is 0 Å². The van der Waals surface area contributed by atoms with Crippen LogP contribution in [0.1, 0.15) is 40.8 Å². The van der Waals surface area contributed by atoms with Gasteiger partial charge in [-0.3, -0.25) is 9.10 Å². The Morgan fingerprint density at radius 3 is 2.44 bits per heavy atom. The van der Waals surface area contributed by atoms with Gasteiger partial charge in [0.15, 0.2) is 0 Å². The van der Waals surface area contributed by atoms with Crippen molar-refractivity contribution in [3.63, 3.8) is 0 Å². The number of benzene rings is 2. The summed E-state index contributed by atoms with van der Waals surface area (Å²) in [7, 11) is -2.58. The predicted molar refractivity (Wildman–Crippen MR) is 132 cm³/mol. The van der Waals surface area contributed by atoms with Crippen LogP contribution in [0.5, 0.6) is 5.75 Å². The fourth-order valence-electron chi connectivity index (χ4n) is 3.07. The summed E-state index contributed by atoms with van der Waals surface area (Å²) in [6.45, 7) is 5.85. The summed E-state index contributed by atoms with van der Waals surface area (Å²) in [6.07, 6.45) is -0.281. The molecule has 0 atom stereocenters. The predicted octanol–water partition coefficient (Wildman–Crippen LogP) is 4.79. The number of anilines is 2. The average Bonchev–Trinajstić information content (AvgIpc) is 3.30. The highest BCUT2D eigenvalue weighted by atomic mass is 32.2. The Morgan fingerprint density at radius 1 is 1.09 bits per heavy atom. The SMILES string of the molecule is CCOc1ccc(N(C)S(=O)(=O)c2ccsc2C(=O)Nc2cccc(C(=O)OC(C)C)c2)cc1. The lowest BCUT2D eigenvalue weighted by Gasteiger charge is -2.20. The molecule has 10 heteroatoms. The van der Waals surface area contributed by atoms with Gasteiger partial charge in [0.2, 0.25) is 0 Å². The summed E-state index contributed by atoms with van der Waals surface area (Å²) in [6, 6.07) is 14.3. The molecule has 34 heavy (non-hydrogen) atoms. The van der Waals surface area contributed by atoms with E-state index in [1.807, 2.05) is 6.92 Å². The van der Waals surface area contributed by atoms with E-state index in [4.69, 9.17) is 9.47 Å². The van der Waals surface area contributed by atoms with Crippen molar-refractivity contribution in [1.82, 2.24) is 0 Å². The number of hydrogen-bond acceptors (Lipinski definition) is 7. The van der Waals surface area contributed by atoms with Crippen LogP contribution in [0.25, 0.3) is 0 Å². The number of nitrogens with one attached hydrogen (secondary N) is 1. The van der Waals surface area contributed by atoms with Crippen LogP contribution in [0.3, 0.4) is 0 Å². The topological polar surface area (TPSA) is 102 Å². The van der Waals surface area contributed by atoms with Crippen LogP contribution < -0.4 is 14.4 Å². The first-order valence-electron chi connectivity index (χ1n) is 10.5. The zero-order valence-electron chi connectivity index (χ0n) is 19.3. The number of carbonyl (C=O) groups is 2. The third kappa shape index (κ3) is 5.75. The maximum absolute atomic E-state index is 13.3. The molecule has 0 aliphatic rings. The van der Waals surface area contributed by atoms with Gasteiger partial charge in [0.05, 0.1) is 24.0 Å². The molecule has 1 N–H and O–H groups in total. The van der Waals surface area contributed by atoms with Crippen molar-refractivity contribution in [1.29, 1.82) is 0 Å². The van der Waals surface area contributed by atoms with E-state index in [1.165, 1.54) is 19.2 Å². The molecule has 0 aliphatic heterocycles. The van der Waals surface area contributed by atoms with Gasteiger partial charge in [-0.15, -0.1) is 11.3 Å². The summed E-state index contributed by atoms with van der Waals surface area (Å²) in [5.41, 5.74) is 1.05. The molecule has 3 rings (SSSR count). The van der Waals surface area contributed by atoms with Crippen LogP contribution in [0.2, 0.25) is 0 Å². The fourth-order valence-corrected chi connectivity index (χ4v) is 5.56. The number of esters is 1. The molecule has 0 fully saturated rings. The number of ether oxygens (including phenoxy) is 2. The molecule has 0 radical (unpaired) electrons. The highest BCUT2D eigenvalue weighted by Crippen LogP contribution is 2.29. The molecule has 2 aromatic carbocycles. The molecule has 0 unspecified atom stereocenters. The molecule has 1 amide bonds. The minimum atomic E-state index is -4.01. The van der Waals surface area contributed by atoms with E-state index < -0.39 is 21.9 Å². The van der Waals surface area contributed by atoms with Crippen molar-refractivity contribution in [3.8, 4) is 5.75 Å². The molecular formula is C24H26N2O6S2. The van der Waals surface area contributed by atoms with Gasteiger partial charge in [-0.1, -0.05) is 6.07 Å². The van der Waals surface area contributed by atoms with Crippen molar-refractivity contribution in [2.75, 3.05) is 23.3 Å². The van der Waals surface area contributed by atoms with Crippen molar-refractivity contribution in [3.05, 3.63) is 70.4 Å². The van der Waals surface area contributed by atoms with Gasteiger partial charge in [0, 0.05) is 12.7 Å². The highest BCUT2D eigenvalue weighted by Gasteiger charge is 2.28. The van der Waals surface area contributed by atoms with Gasteiger partial charge in [-0.25, -0.2) is 13.2 Å². The second-order valence-electron chi connectivity index (χ2n) is 7.50. The van der Waals surface area contributed by atoms with Gasteiger partial charge in [-0.05, 0) is 74.7 Å². The third-order valence-electron chi connectivity index (χ3n) is 4.68. The monoisotopic (exact) mass is 502 g/mol. The Labute approximate surface area is 203 Å². The average molecular weight is 503 g/mol. The van der Waals surface area contributed by atoms with Crippen LogP contribution in [0.15, 0.2) is 64.9 Å². The Hall–Kier alpha value is -3.37. The number of amides is 1. The minimum Gasteiger partial charge on any atom is -0.494 e. The Balaban J connectivity index is 1.82. The maximum Gasteiger partial charge on any atom is 0.338 e. The van der Waals surface area contributed by atoms with E-state index in [0.717, 1.165) is 15.6 Å². The summed E-state index contributed by atoms with van der Waals surface area (Å²) in [5, 5.41) is 4.22. The first-order valence-corrected chi connectivity index (χ1v) is 12.9. The standard InChI is InChI=1S/C24H26N2O6S2/c1-5-31-20-11-9-19(10-12-20)26(4)34(29,30)21-13-14-33-22(21)23(27)25-18-8-6-7-17(15-18)24(28)32-16(2)3/h6-16H,5H2,1-4H3,(H,25,27). The van der Waals surface area contributed by atoms with Crippen LogP contribution in [0.4, 0.5) is 11.4 Å². The number of thiophene rings is 1. The smallest absolute Gasteiger partial charge is 0.338 e. The van der Waals surface area contributed by atoms with E-state index in [2.05, 4.69) is 5.32 Å². The molecule has 8 nitrogen and oxygen atoms in total. The summed E-state index contributed by atoms with van der Waals surface area (Å²) >= 11 is 1.01. The van der Waals surface area contributed by atoms with Crippen molar-refractivity contribution in [2.45, 2.75) is 31.8 Å². The van der Waals surface area contributed by atoms with Gasteiger partial charge in [-0.2, -0.15) is 0 Å². The lowest BCUT2D eigenvalue weighted by molar-refractivity contribution is 0.0377. The lowest BCUT2D eigenvalue weighted by Crippen LogP contribution is -2.28. The molecule has 1 heterocycles. The minimum absolute atomic E-state index is 0.0351. The molecule has 0 aliphatic carbocycles. The van der Waals surface area contributed by atoms with Crippen LogP contribution in [0, 0.1) is 0 Å². The second-order valence-corrected chi connectivity index (χ2v) is 10.4. The summed E-state index contributed by atoms with van der Waals surface area (Å²) in [5.74, 6) is -0.474. The van der Waals surface area contributed by atoms with Crippen LogP contribution in [-0.4, -0.2) is 40.1 Å². The Morgan fingerprint density at radius 2 is 1.79 bits per heavy atom. The fraction of sp³-hybridized carbons (Fsp3) is 0.250. The third-order valence-corrected chi connectivity index (χ3v) is 7.55. The van der Waals surface area contributed by atoms with E-state index in [-0.39, 0.29) is 21.4 Å². The lowest BCUT2D eigenvalue weighted by atomic mass is 10.2. The van der Waals surface area contributed by atoms with Crippen molar-refractivity contribution in [2.24, 2.45) is 0 Å². The molecule has 3 aromatic rings. The van der Waals surface area contributed by atoms with E-state index in [0.29, 0.717) is 23.7 Å². The van der Waals surface area contributed by atoms with E-state index in [1.54, 1.807) is 61.7 Å². The highest BCUT2D eigenvalue weighted by molar-refractivity contribution is 7.93. The molecule has 1 aromatic heterocycles. The number of sulfonamides is 1. The van der Waals surface area contributed by atoms with Gasteiger partial charge in [0.25, 0.3) is 15.9 Å². The zero-order chi connectivity index (χ0) is 24.9. The second kappa shape index (κ2) is 10.7. The number of rotatable bonds is 9. The largest absolute Gasteiger partial charge is 0.494 e. The number of hydrogen-bond donors (Lipinski definition) is 1. The van der Waals surface area contributed by atoms with Gasteiger partial charge in [0.1, 0.15) is 15.5 Å². The van der Waals surface area contributed by atoms with E-state index in [9.17, 15) is 18.0 Å².